The molecule has 0 fully saturated rings. The molecule has 12 rings (SSSR count). The summed E-state index contributed by atoms with van der Waals surface area (Å²) in [5, 5.41) is 25.2. The zero-order valence-electron chi connectivity index (χ0n) is 79.3. The van der Waals surface area contributed by atoms with Crippen LogP contribution in [0, 0.1) is 88.8 Å². The minimum atomic E-state index is -3.01. The van der Waals surface area contributed by atoms with Gasteiger partial charge in [-0.1, -0.05) is 109 Å². The van der Waals surface area contributed by atoms with E-state index in [1.54, 1.807) is 19.2 Å². The molecule has 0 radical (unpaired) electrons. The number of aliphatic hydroxyl groups is 2. The Hall–Kier alpha value is -14.5. The van der Waals surface area contributed by atoms with E-state index >= 15 is 0 Å². The smallest absolute Gasteiger partial charge is 1.00 e. The molecule has 0 saturated carbocycles. The van der Waals surface area contributed by atoms with Crippen molar-refractivity contribution >= 4 is 110 Å². The average molecular weight is 2190 g/mol. The Balaban J connectivity index is 0.000000892. The van der Waals surface area contributed by atoms with Crippen LogP contribution in [0.4, 0.5) is 65.9 Å². The van der Waals surface area contributed by atoms with E-state index in [9.17, 15) is 104 Å². The topological polar surface area (TPSA) is 411 Å². The minimum absolute atomic E-state index is 0. The van der Waals surface area contributed by atoms with Crippen LogP contribution in [0.3, 0.4) is 0 Å². The van der Waals surface area contributed by atoms with Crippen LogP contribution in [0.5, 0.6) is 23.0 Å². The van der Waals surface area contributed by atoms with Crippen LogP contribution in [-0.4, -0.2) is 170 Å². The fraction of sp³-hybridized carbons (Fsp3) is 0.176. The number of ketones is 6. The van der Waals surface area contributed by atoms with Crippen molar-refractivity contribution in [3.63, 3.8) is 0 Å². The van der Waals surface area contributed by atoms with Crippen molar-refractivity contribution in [2.45, 2.75) is 63.2 Å². The number of nitrogens with zero attached hydrogens (tertiary/aromatic N) is 5. The van der Waals surface area contributed by atoms with Gasteiger partial charge in [0, 0.05) is 80.2 Å². The van der Waals surface area contributed by atoms with Gasteiger partial charge in [0.05, 0.1) is 45.3 Å². The third kappa shape index (κ3) is 40.0. The van der Waals surface area contributed by atoms with Gasteiger partial charge in [0.25, 0.3) is 18.3 Å². The molecule has 0 spiro atoms. The van der Waals surface area contributed by atoms with Crippen molar-refractivity contribution in [3.05, 3.63) is 342 Å². The van der Waals surface area contributed by atoms with Crippen molar-refractivity contribution < 1.29 is 209 Å². The molecule has 2 aliphatic heterocycles. The number of carbonyl (C=O) groups excluding carboxylic acids is 9. The van der Waals surface area contributed by atoms with E-state index < -0.39 is 121 Å². The maximum atomic E-state index is 14.2. The van der Waals surface area contributed by atoms with E-state index in [0.29, 0.717) is 23.1 Å². The molecule has 148 heavy (non-hydrogen) atoms. The Morgan fingerprint density at radius 3 is 1.01 bits per heavy atom. The number of hydrogen-bond donors (Lipinski definition) is 6. The molecule has 766 valence electrons. The predicted molar refractivity (Wildman–Crippen MR) is 512 cm³/mol. The van der Waals surface area contributed by atoms with Crippen LogP contribution in [0.1, 0.15) is 134 Å². The summed E-state index contributed by atoms with van der Waals surface area (Å²) in [6, 6.07) is 46.6. The number of Topliss-reactive ketones (excluding diaryl/α,β-unsaturated/α-hetero) is 6. The number of alkyl halides is 12. The van der Waals surface area contributed by atoms with E-state index in [0.717, 1.165) is 89.8 Å². The van der Waals surface area contributed by atoms with E-state index in [1.807, 2.05) is 18.2 Å². The van der Waals surface area contributed by atoms with Gasteiger partial charge in [-0.15, -0.1) is 35.5 Å². The second-order valence-corrected chi connectivity index (χ2v) is 29.5. The van der Waals surface area contributed by atoms with Crippen LogP contribution in [-0.2, 0) is 30.3 Å². The number of amides is 2. The number of nitrogens with two attached hydrogens (primary N) is 4. The van der Waals surface area contributed by atoms with E-state index in [-0.39, 0.29) is 217 Å². The van der Waals surface area contributed by atoms with Gasteiger partial charge in [0.2, 0.25) is 34.7 Å². The van der Waals surface area contributed by atoms with Gasteiger partial charge in [-0.05, 0) is 208 Å². The Bertz CT molecular complexity index is 6490. The van der Waals surface area contributed by atoms with Crippen LogP contribution in [0.15, 0.2) is 250 Å². The number of aliphatic hydroxyl groups excluding tert-OH is 2. The Labute approximate surface area is 901 Å². The number of likely N-dealkylation sites (N-methyl/N-ethyl adjacent to an activating group) is 2. The van der Waals surface area contributed by atoms with Crippen LogP contribution in [0.2, 0.25) is 0 Å². The third-order valence-corrected chi connectivity index (χ3v) is 19.0. The van der Waals surface area contributed by atoms with Gasteiger partial charge in [-0.25, -0.2) is 31.9 Å². The molecule has 2 heterocycles. The van der Waals surface area contributed by atoms with Crippen molar-refractivity contribution in [2.75, 3.05) is 53.0 Å². The minimum Gasteiger partial charge on any atom is -1.00 e. The van der Waals surface area contributed by atoms with E-state index in [4.69, 9.17) is 72.8 Å². The molecule has 2 aliphatic rings. The number of rotatable bonds is 26. The molecule has 0 aliphatic carbocycles. The average Bonchev–Trinajstić information content (AvgIpc) is 1.59. The standard InChI is InChI=1S/C21H17F4N3O2.C20H16FN3O.C19H12F4O3.C19H13F3O4.C15H8BrF3O3.C4H6O.C2H7N3.CH2Cl2.CH2O3.2Na.H/c1-28-18(29)21(27-20(28)26,14-5-8-16(9-6-14)30-19(24)25)15-7-10-17(23)13(12-15)4-2-3-11-22;1-3-4-8-14-13-16(11-12-17(14)21)20(15-9-6-5-7-10-15)18(25)24(2)19(22)23-20;20-10-2-1-3-13-11-14(6-9-16(13)21)18(25)17(24)12-4-7-15(8-5-12)26-19(22)23;20-16-9-6-14(11-13(16)3-1-2-10-23)18(25)17(24)12-4-7-15(8-5-12)26-19(21)22;16-11-7-9(3-6-12(11)17)14(21)13(20)8-1-4-10(5-2-8)22-15(18)19;1-2-3-4-5;1-5-2(3)4;2-1-3;2-1-4-3;;;/h5-10,12,19H,3,11H2,1H3,(H2,26,27);3,5-7,9-13H,1H2,2H3,(H2,22,23);4-9,11,19H,2,10H2;4-9,11,19,23H,2,10H2;1-7,15H;1,5H,3-4H2;1H3,(H4,3,4,5);1H2;1,3H;;;/q;;;;;;;;;2*+1;-1/p-1. The van der Waals surface area contributed by atoms with Crippen molar-refractivity contribution in [2.24, 2.45) is 37.9 Å². The molecule has 0 aromatic heterocycles. The monoisotopic (exact) mass is 2190 g/mol. The van der Waals surface area contributed by atoms with E-state index in [2.05, 4.69) is 115 Å². The van der Waals surface area contributed by atoms with Crippen LogP contribution < -0.4 is 106 Å². The second kappa shape index (κ2) is 67.3. The van der Waals surface area contributed by atoms with Crippen molar-refractivity contribution in [1.82, 2.24) is 9.80 Å². The van der Waals surface area contributed by atoms with Gasteiger partial charge in [-0.3, -0.25) is 66.7 Å². The molecule has 0 saturated heterocycles. The van der Waals surface area contributed by atoms with Crippen LogP contribution in [0.25, 0.3) is 0 Å². The largest absolute Gasteiger partial charge is 1.00 e. The first kappa shape index (κ1) is 130. The second-order valence-electron chi connectivity index (χ2n) is 27.8. The molecule has 10 aromatic carbocycles. The SMILES string of the molecule is C#CCCO.C=CC#Cc1cc(C2(c3ccccc3)N=C(N)N(C)C2=O)ccc1F.CN1C(=O)C(c2ccc(OC(F)F)cc2)(c2ccc(F)c(C#CCCF)c2)N=C1N.CN=C(N)N.ClCCl.O=C(C(=O)c1ccc(F)c(Br)c1)c1ccc(OC(F)F)cc1.O=C(C(=O)c1ccc(F)c(C#CCCF)c1)c1ccc(OC(F)F)cc1.O=C(C(=O)c1ccc(F)c(C#CCCO)c1)c1ccc(OC(F)F)cc1.O=CO[O-].[H-].[Na+].[Na+]. The summed E-state index contributed by atoms with van der Waals surface area (Å²) in [5.74, 6) is 13.0. The Morgan fingerprint density at radius 2 is 0.743 bits per heavy atom. The van der Waals surface area contributed by atoms with E-state index in [1.165, 1.54) is 128 Å². The molecule has 46 heteroatoms. The molecule has 0 bridgehead atoms. The molecular weight excluding hydrogens is 2100 g/mol. The molecule has 2 unspecified atom stereocenters. The number of carbonyl (C=O) groups is 9. The number of benzene rings is 10. The summed E-state index contributed by atoms with van der Waals surface area (Å²) in [6.45, 7) is -10.1. The number of terminal acetylenes is 1. The first-order valence-electron chi connectivity index (χ1n) is 41.2. The van der Waals surface area contributed by atoms with Gasteiger partial charge < -0.3 is 63.7 Å². The van der Waals surface area contributed by atoms with Gasteiger partial charge in [0.15, 0.2) is 29.0 Å². The molecule has 2 amide bonds. The van der Waals surface area contributed by atoms with Crippen LogP contribution >= 0.6 is 39.1 Å². The summed E-state index contributed by atoms with van der Waals surface area (Å²) in [5.41, 5.74) is 19.9. The molecule has 2 atom stereocenters. The number of aliphatic imine (C=N–C) groups is 3. The summed E-state index contributed by atoms with van der Waals surface area (Å²) in [6.07, 6.45) is 6.58. The molecule has 26 nitrogen and oxygen atoms in total. The summed E-state index contributed by atoms with van der Waals surface area (Å²) in [7, 11) is 4.53. The first-order chi connectivity index (χ1) is 69.5. The fourth-order valence-corrected chi connectivity index (χ4v) is 12.1. The number of halogens is 18. The Kier molecular flexibility index (Phi) is 58.9. The number of ether oxygens (including phenoxy) is 4. The zero-order chi connectivity index (χ0) is 109. The number of allylic oxidation sites excluding steroid dienone is 1. The van der Waals surface area contributed by atoms with Crippen molar-refractivity contribution in [3.8, 4) is 82.7 Å². The number of guanidine groups is 3. The van der Waals surface area contributed by atoms with Gasteiger partial charge in [-0.2, -0.15) is 35.1 Å². The molecular formula is C102H83BrCl2F15N9Na2O17. The Morgan fingerprint density at radius 1 is 0.473 bits per heavy atom. The predicted octanol–water partition coefficient (Wildman–Crippen LogP) is 10.1. The zero-order valence-corrected chi connectivity index (χ0v) is 85.4. The third-order valence-electron chi connectivity index (χ3n) is 18.4. The number of hydrogen-bond acceptors (Lipinski definition) is 22. The summed E-state index contributed by atoms with van der Waals surface area (Å²) < 4.78 is 207. The normalized spacial score (nSPS) is 12.8. The fourth-order valence-electron chi connectivity index (χ4n) is 11.7. The first-order valence-corrected chi connectivity index (χ1v) is 43.0. The summed E-state index contributed by atoms with van der Waals surface area (Å²) in [4.78, 5) is 125. The maximum Gasteiger partial charge on any atom is 1.00 e. The van der Waals surface area contributed by atoms with Gasteiger partial charge in [0.1, 0.15) is 65.4 Å². The summed E-state index contributed by atoms with van der Waals surface area (Å²) >= 11 is 12.5. The van der Waals surface area contributed by atoms with Gasteiger partial charge >= 0.3 is 85.6 Å². The quantitative estimate of drug-likeness (QED) is 0.00251. The maximum absolute atomic E-state index is 14.2. The molecule has 10 N–H and O–H groups in total. The van der Waals surface area contributed by atoms with Crippen molar-refractivity contribution in [1.29, 1.82) is 0 Å². The molecule has 10 aromatic rings.